The Balaban J connectivity index is 0.000000184. The van der Waals surface area contributed by atoms with Gasteiger partial charge in [-0.15, -0.1) is 11.6 Å². The zero-order valence-corrected chi connectivity index (χ0v) is 61.1. The van der Waals surface area contributed by atoms with Gasteiger partial charge in [0.2, 0.25) is 0 Å². The van der Waals surface area contributed by atoms with Crippen LogP contribution in [0, 0.1) is 55.4 Å². The maximum atomic E-state index is 12.7. The molecule has 0 unspecified atom stereocenters. The third-order valence-electron chi connectivity index (χ3n) is 14.4. The predicted molar refractivity (Wildman–Crippen MR) is 380 cm³/mol. The van der Waals surface area contributed by atoms with E-state index in [0.29, 0.717) is 119 Å². The topological polar surface area (TPSA) is 386 Å². The number of aryl methyl sites for hydroxylation is 8. The number of benzene rings is 1. The minimum absolute atomic E-state index is 0. The van der Waals surface area contributed by atoms with Gasteiger partial charge in [-0.05, 0) is 118 Å². The Hall–Kier alpha value is -9.80. The molecule has 1 aromatic carbocycles. The average molecular weight is 1500 g/mol. The zero-order chi connectivity index (χ0) is 72.1. The number of aromatic nitrogens is 20. The number of H-pyrrole nitrogens is 1. The molecule has 13 rings (SSSR count). The van der Waals surface area contributed by atoms with Gasteiger partial charge >= 0.3 is 36.8 Å². The average Bonchev–Trinajstić information content (AvgIpc) is 1.64. The summed E-state index contributed by atoms with van der Waals surface area (Å²) in [6, 6.07) is 14.3. The number of esters is 2. The summed E-state index contributed by atoms with van der Waals surface area (Å²) in [5.74, 6) is -1.97. The van der Waals surface area contributed by atoms with E-state index in [1.165, 1.54) is 50.1 Å². The van der Waals surface area contributed by atoms with Crippen molar-refractivity contribution in [2.24, 2.45) is 0 Å². The van der Waals surface area contributed by atoms with E-state index in [0.717, 1.165) is 51.2 Å². The van der Waals surface area contributed by atoms with Crippen molar-refractivity contribution in [2.45, 2.75) is 94.8 Å². The molecule has 4 N–H and O–H groups in total. The molecule has 29 nitrogen and oxygen atoms in total. The number of carbonyl (C=O) groups is 4. The SMILES string of the molecule is CCOC(=O)c1cnc2c(c(C)nn2Cc2cc(C)ncn2)c1Cl.CCOC(=O)c1cnc2n[nH]c(C)c2c1Cl.Cc1cc(CCl)ncn1.Cc1cc(Cn2nc(C)c3c(Cl)c(C(=O)Nc4ccc(Cl)cc4)cnc32)ncn1.Cc1cc(Cn2nc(C)c3c(Cl)c(C(=O)O)cnc32)ncn1.[Li+].[OH-]. The molecule has 0 aliphatic rings. The van der Waals surface area contributed by atoms with E-state index >= 15 is 0 Å². The molecule has 13 aromatic rings. The molecule has 0 spiro atoms. The Kier molecular flexibility index (Phi) is 28.2. The van der Waals surface area contributed by atoms with Gasteiger partial charge in [0.15, 0.2) is 22.6 Å². The van der Waals surface area contributed by atoms with Crippen molar-refractivity contribution < 1.29 is 58.1 Å². The molecule has 522 valence electrons. The van der Waals surface area contributed by atoms with Crippen LogP contribution in [0.5, 0.6) is 0 Å². The standard InChI is InChI=1S/C20H16Cl2N6O.C16H16ClN5O2.C14H12ClN5O2.C10H10ClN3O2.C6H7ClN2.Li.H2O/c1-11-7-15(25-10-24-11)9-28-19-17(12(2)27-28)18(22)16(8-23-19)20(29)26-14-5-3-13(21)4-6-14;1-4-24-16(23)12-6-18-15-13(14(12)17)10(3)21-22(15)7-11-5-9(2)19-8-20-11;1-7-3-9(18-6-17-7)5-20-13-11(8(2)19-20)12(15)10(4-16-13)14(21)22;1-3-16-10(15)6-4-12-9-7(8(6)11)5(2)13-14-9;1-5-2-6(3-7)9-4-8-5;;/h3-8,10H,9H2,1-2H3,(H,26,29);5-6,8H,4,7H2,1-3H3;3-4,6H,5H2,1-2H3,(H,21,22);4H,3H2,1-2H3,(H,12,13,14);2,4H,3H2,1H3;;1H2/q;;;;;+1;/p-1. The predicted octanol–water partition coefficient (Wildman–Crippen LogP) is 9.85. The summed E-state index contributed by atoms with van der Waals surface area (Å²) >= 11 is 36.7. The molecule has 12 aromatic heterocycles. The number of aromatic amines is 1. The number of carboxylic acids is 1. The summed E-state index contributed by atoms with van der Waals surface area (Å²) in [7, 11) is 0. The van der Waals surface area contributed by atoms with Crippen LogP contribution in [-0.4, -0.2) is 147 Å². The summed E-state index contributed by atoms with van der Waals surface area (Å²) in [5, 5.41) is 36.2. The molecule has 0 fully saturated rings. The number of nitrogens with zero attached hydrogens (tertiary/aromatic N) is 19. The minimum atomic E-state index is -1.11. The number of carbonyl (C=O) groups excluding carboxylic acids is 3. The number of amides is 1. The van der Waals surface area contributed by atoms with Crippen LogP contribution in [0.4, 0.5) is 5.69 Å². The second kappa shape index (κ2) is 36.2. The van der Waals surface area contributed by atoms with Gasteiger partial charge in [0, 0.05) is 64.0 Å². The molecular weight excluding hydrogens is 1430 g/mol. The number of aromatic carboxylic acids is 1. The summed E-state index contributed by atoms with van der Waals surface area (Å²) < 4.78 is 15.0. The molecule has 0 aliphatic heterocycles. The Morgan fingerprint density at radius 1 is 0.480 bits per heavy atom. The third-order valence-corrected chi connectivity index (χ3v) is 16.5. The van der Waals surface area contributed by atoms with Gasteiger partial charge in [-0.1, -0.05) is 58.0 Å². The Bertz CT molecular complexity index is 5200. The quantitative estimate of drug-likeness (QED) is 0.0517. The van der Waals surface area contributed by atoms with Crippen molar-refractivity contribution in [2.75, 3.05) is 18.5 Å². The van der Waals surface area contributed by atoms with Crippen molar-refractivity contribution in [3.63, 3.8) is 0 Å². The Labute approximate surface area is 624 Å². The van der Waals surface area contributed by atoms with E-state index < -0.39 is 17.9 Å². The molecule has 102 heavy (non-hydrogen) atoms. The van der Waals surface area contributed by atoms with Gasteiger partial charge in [-0.2, -0.15) is 20.4 Å². The monoisotopic (exact) mass is 1490 g/mol. The van der Waals surface area contributed by atoms with Crippen LogP contribution in [0.3, 0.4) is 0 Å². The van der Waals surface area contributed by atoms with E-state index in [1.54, 1.807) is 59.1 Å². The van der Waals surface area contributed by atoms with Crippen LogP contribution in [0.25, 0.3) is 44.1 Å². The van der Waals surface area contributed by atoms with E-state index in [4.69, 9.17) is 84.2 Å². The first-order valence-corrected chi connectivity index (χ1v) is 32.6. The van der Waals surface area contributed by atoms with Crippen molar-refractivity contribution in [3.05, 3.63) is 214 Å². The maximum Gasteiger partial charge on any atom is 1.00 e. The number of rotatable bonds is 14. The molecule has 0 saturated carbocycles. The van der Waals surface area contributed by atoms with E-state index in [1.807, 2.05) is 72.7 Å². The molecule has 0 bridgehead atoms. The van der Waals surface area contributed by atoms with Gasteiger partial charge in [0.05, 0.1) is 142 Å². The van der Waals surface area contributed by atoms with Crippen molar-refractivity contribution in [1.82, 2.24) is 99.3 Å². The van der Waals surface area contributed by atoms with Gasteiger partial charge < -0.3 is 25.4 Å². The molecule has 1 amide bonds. The smallest absolute Gasteiger partial charge is 0.870 e. The van der Waals surface area contributed by atoms with Crippen LogP contribution < -0.4 is 24.2 Å². The number of halogens is 6. The zero-order valence-electron chi connectivity index (χ0n) is 56.6. The number of pyridine rings is 4. The van der Waals surface area contributed by atoms with Crippen LogP contribution >= 0.6 is 69.6 Å². The summed E-state index contributed by atoms with van der Waals surface area (Å²) in [4.78, 5) is 97.2. The molecular formula is C66H62Cl6LiN21O8. The van der Waals surface area contributed by atoms with Crippen LogP contribution in [0.2, 0.25) is 25.1 Å². The minimum Gasteiger partial charge on any atom is -0.870 e. The first kappa shape index (κ1) is 79.5. The first-order valence-electron chi connectivity index (χ1n) is 30.2. The molecule has 0 radical (unpaired) electrons. The maximum absolute atomic E-state index is 12.7. The van der Waals surface area contributed by atoms with Crippen LogP contribution in [-0.2, 0) is 35.0 Å². The second-order valence-electron chi connectivity index (χ2n) is 21.8. The molecule has 36 heteroatoms. The number of hydrogen-bond donors (Lipinski definition) is 3. The summed E-state index contributed by atoms with van der Waals surface area (Å²) in [6.07, 6.45) is 11.5. The summed E-state index contributed by atoms with van der Waals surface area (Å²) in [6.45, 7) is 20.2. The number of alkyl halides is 1. The normalized spacial score (nSPS) is 10.6. The first-order chi connectivity index (χ1) is 47.9. The number of hydrogen-bond acceptors (Lipinski definition) is 23. The van der Waals surface area contributed by atoms with Crippen molar-refractivity contribution in [3.8, 4) is 0 Å². The van der Waals surface area contributed by atoms with Gasteiger partial charge in [-0.3, -0.25) is 9.89 Å². The number of carboxylic acid groups (broad SMARTS) is 1. The van der Waals surface area contributed by atoms with Crippen LogP contribution in [0.1, 0.15) is 124 Å². The fourth-order valence-electron chi connectivity index (χ4n) is 9.82. The van der Waals surface area contributed by atoms with Crippen molar-refractivity contribution >= 4 is 143 Å². The van der Waals surface area contributed by atoms with E-state index in [2.05, 4.69) is 90.6 Å². The molecule has 12 heterocycles. The fraction of sp³-hybridized carbons (Fsp3) is 0.242. The second-order valence-corrected chi connectivity index (χ2v) is 24.0. The van der Waals surface area contributed by atoms with Gasteiger partial charge in [0.25, 0.3) is 5.91 Å². The fourth-order valence-corrected chi connectivity index (χ4v) is 11.5. The number of ether oxygens (including phenoxy) is 2. The molecule has 0 aliphatic carbocycles. The number of anilines is 1. The Morgan fingerprint density at radius 2 is 0.833 bits per heavy atom. The van der Waals surface area contributed by atoms with E-state index in [9.17, 15) is 19.2 Å². The van der Waals surface area contributed by atoms with E-state index in [-0.39, 0.29) is 64.1 Å². The molecule has 0 atom stereocenters. The largest absolute Gasteiger partial charge is 1.00 e. The van der Waals surface area contributed by atoms with Crippen LogP contribution in [0.15, 0.2) is 98.6 Å². The third kappa shape index (κ3) is 19.2. The van der Waals surface area contributed by atoms with Crippen molar-refractivity contribution in [1.29, 1.82) is 0 Å². The Morgan fingerprint density at radius 3 is 1.22 bits per heavy atom. The number of fused-ring (bicyclic) bond motifs is 4. The number of nitrogens with one attached hydrogen (secondary N) is 2. The summed E-state index contributed by atoms with van der Waals surface area (Å²) in [5.41, 5.74) is 13.2. The van der Waals surface area contributed by atoms with Gasteiger partial charge in [0.1, 0.15) is 25.3 Å². The molecule has 0 saturated heterocycles. The van der Waals surface area contributed by atoms with Gasteiger partial charge in [-0.25, -0.2) is 88.2 Å².